The number of aromatic nitrogens is 1. The van der Waals surface area contributed by atoms with Gasteiger partial charge in [0.25, 0.3) is 0 Å². The van der Waals surface area contributed by atoms with E-state index in [-0.39, 0.29) is 0 Å². The summed E-state index contributed by atoms with van der Waals surface area (Å²) in [5.74, 6) is 0. The van der Waals surface area contributed by atoms with Crippen LogP contribution in [0.2, 0.25) is 0 Å². The molecule has 0 fully saturated rings. The number of anilines is 1. The molecule has 0 radical (unpaired) electrons. The minimum absolute atomic E-state index is 0.785. The fraction of sp³-hybridized carbons (Fsp3) is 0. The highest BCUT2D eigenvalue weighted by Crippen LogP contribution is 2.39. The van der Waals surface area contributed by atoms with E-state index in [2.05, 4.69) is 111 Å². The van der Waals surface area contributed by atoms with Crippen molar-refractivity contribution in [3.8, 4) is 16.8 Å². The van der Waals surface area contributed by atoms with Crippen LogP contribution >= 0.6 is 15.9 Å². The zero-order valence-corrected chi connectivity index (χ0v) is 18.3. The first-order valence-corrected chi connectivity index (χ1v) is 11.1. The van der Waals surface area contributed by atoms with Crippen LogP contribution in [0, 0.1) is 0 Å². The molecule has 5 aromatic carbocycles. The predicted octanol–water partition coefficient (Wildman–Crippen LogP) is 7.95. The number of nitrogens with two attached hydrogens (primary N) is 1. The Balaban J connectivity index is 1.68. The maximum absolute atomic E-state index is 6.30. The average Bonchev–Trinajstić information content (AvgIpc) is 3.14. The van der Waals surface area contributed by atoms with E-state index in [0.717, 1.165) is 20.9 Å². The van der Waals surface area contributed by atoms with Gasteiger partial charge in [0.05, 0.1) is 11.0 Å². The van der Waals surface area contributed by atoms with Gasteiger partial charge in [-0.25, -0.2) is 0 Å². The van der Waals surface area contributed by atoms with E-state index in [0.29, 0.717) is 0 Å². The zero-order valence-electron chi connectivity index (χ0n) is 16.7. The fourth-order valence-electron chi connectivity index (χ4n) is 4.64. The van der Waals surface area contributed by atoms with E-state index < -0.39 is 0 Å². The van der Waals surface area contributed by atoms with Gasteiger partial charge in [-0.1, -0.05) is 76.6 Å². The number of benzene rings is 5. The van der Waals surface area contributed by atoms with E-state index in [9.17, 15) is 0 Å². The second-order valence-electron chi connectivity index (χ2n) is 7.78. The average molecular weight is 463 g/mol. The molecule has 0 unspecified atom stereocenters. The number of nitrogen functional groups attached to an aromatic ring is 1. The van der Waals surface area contributed by atoms with Crippen molar-refractivity contribution in [2.75, 3.05) is 5.73 Å². The molecule has 0 spiro atoms. The summed E-state index contributed by atoms with van der Waals surface area (Å²) < 4.78 is 3.36. The summed E-state index contributed by atoms with van der Waals surface area (Å²) in [4.78, 5) is 0. The molecule has 3 heteroatoms. The van der Waals surface area contributed by atoms with Crippen LogP contribution < -0.4 is 5.73 Å². The summed E-state index contributed by atoms with van der Waals surface area (Å²) in [6, 6.07) is 36.3. The van der Waals surface area contributed by atoms with Gasteiger partial charge in [0.1, 0.15) is 0 Å². The Bertz CT molecular complexity index is 1590. The fourth-order valence-corrected chi connectivity index (χ4v) is 5.23. The monoisotopic (exact) mass is 462 g/mol. The van der Waals surface area contributed by atoms with Crippen molar-refractivity contribution >= 4 is 54.2 Å². The lowest BCUT2D eigenvalue weighted by atomic mass is 9.96. The van der Waals surface area contributed by atoms with Crippen LogP contribution in [0.25, 0.3) is 49.4 Å². The molecule has 0 bridgehead atoms. The van der Waals surface area contributed by atoms with E-state index in [1.165, 1.54) is 38.6 Å². The summed E-state index contributed by atoms with van der Waals surface area (Å²) in [5.41, 5.74) is 13.0. The van der Waals surface area contributed by atoms with Gasteiger partial charge in [0.15, 0.2) is 0 Å². The third-order valence-electron chi connectivity index (χ3n) is 6.02. The van der Waals surface area contributed by atoms with Crippen LogP contribution in [-0.4, -0.2) is 4.57 Å². The highest BCUT2D eigenvalue weighted by atomic mass is 79.9. The van der Waals surface area contributed by atoms with E-state index in [1.807, 2.05) is 12.1 Å². The van der Waals surface area contributed by atoms with Crippen LogP contribution in [0.1, 0.15) is 0 Å². The maximum Gasteiger partial charge on any atom is 0.0541 e. The molecule has 0 aliphatic rings. The van der Waals surface area contributed by atoms with Crippen LogP contribution in [0.3, 0.4) is 0 Å². The summed E-state index contributed by atoms with van der Waals surface area (Å²) in [6.45, 7) is 0. The van der Waals surface area contributed by atoms with Crippen LogP contribution in [0.15, 0.2) is 108 Å². The Morgan fingerprint density at radius 2 is 1.35 bits per heavy atom. The molecular formula is C28H19BrN2. The van der Waals surface area contributed by atoms with Gasteiger partial charge in [0, 0.05) is 32.0 Å². The third-order valence-corrected chi connectivity index (χ3v) is 6.68. The van der Waals surface area contributed by atoms with Gasteiger partial charge in [-0.3, -0.25) is 0 Å². The van der Waals surface area contributed by atoms with E-state index >= 15 is 0 Å². The van der Waals surface area contributed by atoms with Crippen molar-refractivity contribution in [3.05, 3.63) is 108 Å². The quantitative estimate of drug-likeness (QED) is 0.260. The number of hydrogen-bond donors (Lipinski definition) is 1. The first-order valence-electron chi connectivity index (χ1n) is 10.3. The summed E-state index contributed by atoms with van der Waals surface area (Å²) in [6.07, 6.45) is 0. The first-order chi connectivity index (χ1) is 15.2. The molecule has 6 rings (SSSR count). The second-order valence-corrected chi connectivity index (χ2v) is 8.64. The Kier molecular flexibility index (Phi) is 4.12. The van der Waals surface area contributed by atoms with E-state index in [4.69, 9.17) is 5.73 Å². The molecular weight excluding hydrogens is 444 g/mol. The second kappa shape index (κ2) is 7.00. The first kappa shape index (κ1) is 18.2. The van der Waals surface area contributed by atoms with Crippen LogP contribution in [-0.2, 0) is 0 Å². The maximum atomic E-state index is 6.30. The lowest BCUT2D eigenvalue weighted by Crippen LogP contribution is -1.93. The minimum Gasteiger partial charge on any atom is -0.398 e. The molecule has 0 aliphatic carbocycles. The Labute approximate surface area is 188 Å². The molecule has 0 atom stereocenters. The van der Waals surface area contributed by atoms with E-state index in [1.54, 1.807) is 0 Å². The topological polar surface area (TPSA) is 30.9 Å². The highest BCUT2D eigenvalue weighted by molar-refractivity contribution is 9.10. The molecule has 2 N–H and O–H groups in total. The smallest absolute Gasteiger partial charge is 0.0541 e. The van der Waals surface area contributed by atoms with Crippen LogP contribution in [0.4, 0.5) is 5.69 Å². The Hall–Kier alpha value is -3.56. The van der Waals surface area contributed by atoms with Crippen molar-refractivity contribution in [1.82, 2.24) is 4.57 Å². The molecule has 1 aromatic heterocycles. The van der Waals surface area contributed by atoms with Crippen molar-refractivity contribution in [1.29, 1.82) is 0 Å². The molecule has 2 nitrogen and oxygen atoms in total. The number of hydrogen-bond acceptors (Lipinski definition) is 1. The van der Waals surface area contributed by atoms with Gasteiger partial charge in [-0.05, 0) is 59.0 Å². The molecule has 1 heterocycles. The largest absolute Gasteiger partial charge is 0.398 e. The number of para-hydroxylation sites is 2. The molecule has 0 amide bonds. The number of rotatable bonds is 2. The lowest BCUT2D eigenvalue weighted by molar-refractivity contribution is 1.18. The lowest BCUT2D eigenvalue weighted by Gasteiger charge is -2.12. The normalized spacial score (nSPS) is 11.5. The molecule has 148 valence electrons. The molecule has 31 heavy (non-hydrogen) atoms. The molecule has 0 aliphatic heterocycles. The summed E-state index contributed by atoms with van der Waals surface area (Å²) >= 11 is 3.67. The van der Waals surface area contributed by atoms with Gasteiger partial charge < -0.3 is 10.3 Å². The molecule has 0 saturated heterocycles. The number of halogens is 1. The molecule has 6 aromatic rings. The van der Waals surface area contributed by atoms with Crippen molar-refractivity contribution < 1.29 is 0 Å². The Morgan fingerprint density at radius 3 is 2.23 bits per heavy atom. The van der Waals surface area contributed by atoms with Gasteiger partial charge in [0.2, 0.25) is 0 Å². The third kappa shape index (κ3) is 2.77. The van der Waals surface area contributed by atoms with Gasteiger partial charge >= 0.3 is 0 Å². The van der Waals surface area contributed by atoms with Gasteiger partial charge in [-0.15, -0.1) is 0 Å². The summed E-state index contributed by atoms with van der Waals surface area (Å²) in [7, 11) is 0. The van der Waals surface area contributed by atoms with Crippen molar-refractivity contribution in [3.63, 3.8) is 0 Å². The van der Waals surface area contributed by atoms with Crippen molar-refractivity contribution in [2.45, 2.75) is 0 Å². The van der Waals surface area contributed by atoms with Gasteiger partial charge in [-0.2, -0.15) is 0 Å². The Morgan fingerprint density at radius 1 is 0.613 bits per heavy atom. The van der Waals surface area contributed by atoms with Crippen molar-refractivity contribution in [2.24, 2.45) is 0 Å². The predicted molar refractivity (Wildman–Crippen MR) is 136 cm³/mol. The summed E-state index contributed by atoms with van der Waals surface area (Å²) in [5, 5.41) is 4.72. The number of nitrogens with zero attached hydrogens (tertiary/aromatic N) is 1. The SMILES string of the molecule is Nc1ccc(-c2ccc3c(c2)c2ccccc2n3-c2ccccc2)c2cccc(Br)c12. The number of fused-ring (bicyclic) bond motifs is 4. The van der Waals surface area contributed by atoms with Crippen LogP contribution in [0.5, 0.6) is 0 Å². The minimum atomic E-state index is 0.785. The molecule has 0 saturated carbocycles. The highest BCUT2D eigenvalue weighted by Gasteiger charge is 2.14. The standard InChI is InChI=1S/C28H19BrN2/c29-24-11-6-10-22-20(14-15-25(30)28(22)24)18-13-16-27-23(17-18)21-9-4-5-12-26(21)31(27)19-7-2-1-3-8-19/h1-17H,30H2. The zero-order chi connectivity index (χ0) is 20.9.